The van der Waals surface area contributed by atoms with E-state index in [0.29, 0.717) is 31.9 Å². The van der Waals surface area contributed by atoms with Crippen LogP contribution in [0, 0.1) is 10.1 Å². The summed E-state index contributed by atoms with van der Waals surface area (Å²) in [4.78, 5) is 15.8. The first-order chi connectivity index (χ1) is 16.4. The van der Waals surface area contributed by atoms with Gasteiger partial charge in [0.1, 0.15) is 11.4 Å². The average molecular weight is 489 g/mol. The lowest BCUT2D eigenvalue weighted by molar-refractivity contribution is -0.384. The van der Waals surface area contributed by atoms with Crippen molar-refractivity contribution in [1.82, 2.24) is 9.21 Å². The SMILES string of the molecule is COc1ccc(CN2CCCN(c3ccc(S(=O)(=O)N4CCCCC4)cc3[N+](=O)[O-])CC2)cc1. The van der Waals surface area contributed by atoms with E-state index >= 15 is 0 Å². The van der Waals surface area contributed by atoms with Gasteiger partial charge in [-0.1, -0.05) is 18.6 Å². The predicted octanol–water partition coefficient (Wildman–Crippen LogP) is 3.49. The number of nitrogens with zero attached hydrogens (tertiary/aromatic N) is 4. The van der Waals surface area contributed by atoms with Gasteiger partial charge in [-0.25, -0.2) is 8.42 Å². The number of nitro benzene ring substituents is 1. The molecule has 0 unspecified atom stereocenters. The molecule has 9 nitrogen and oxygen atoms in total. The Balaban J connectivity index is 1.49. The van der Waals surface area contributed by atoms with Crippen molar-refractivity contribution in [2.45, 2.75) is 37.1 Å². The molecule has 2 aliphatic rings. The summed E-state index contributed by atoms with van der Waals surface area (Å²) < 4.78 is 32.7. The summed E-state index contributed by atoms with van der Waals surface area (Å²) in [6.07, 6.45) is 3.51. The van der Waals surface area contributed by atoms with Crippen LogP contribution in [0.5, 0.6) is 5.75 Å². The molecule has 0 aliphatic carbocycles. The molecule has 0 radical (unpaired) electrons. The van der Waals surface area contributed by atoms with Gasteiger partial charge in [0.2, 0.25) is 10.0 Å². The number of benzene rings is 2. The molecule has 4 rings (SSSR count). The lowest BCUT2D eigenvalue weighted by Crippen LogP contribution is -2.35. The first-order valence-electron chi connectivity index (χ1n) is 11.8. The number of rotatable bonds is 7. The van der Waals surface area contributed by atoms with Crippen molar-refractivity contribution >= 4 is 21.4 Å². The molecule has 0 amide bonds. The van der Waals surface area contributed by atoms with E-state index in [4.69, 9.17) is 4.74 Å². The van der Waals surface area contributed by atoms with Crippen LogP contribution >= 0.6 is 0 Å². The smallest absolute Gasteiger partial charge is 0.293 e. The number of ether oxygens (including phenoxy) is 1. The molecule has 0 spiro atoms. The minimum atomic E-state index is -3.73. The molecule has 0 saturated carbocycles. The van der Waals surface area contributed by atoms with Crippen LogP contribution < -0.4 is 9.64 Å². The van der Waals surface area contributed by atoms with Gasteiger partial charge in [0.05, 0.1) is 16.9 Å². The molecule has 184 valence electrons. The summed E-state index contributed by atoms with van der Waals surface area (Å²) >= 11 is 0. The molecule has 34 heavy (non-hydrogen) atoms. The van der Waals surface area contributed by atoms with Gasteiger partial charge in [-0.2, -0.15) is 4.31 Å². The molecular weight excluding hydrogens is 456 g/mol. The summed E-state index contributed by atoms with van der Waals surface area (Å²) in [5, 5.41) is 11.9. The van der Waals surface area contributed by atoms with Crippen LogP contribution in [0.4, 0.5) is 11.4 Å². The minimum Gasteiger partial charge on any atom is -0.497 e. The molecule has 0 atom stereocenters. The Morgan fingerprint density at radius 3 is 2.32 bits per heavy atom. The van der Waals surface area contributed by atoms with Gasteiger partial charge in [-0.05, 0) is 49.1 Å². The molecule has 2 aliphatic heterocycles. The Kier molecular flexibility index (Phi) is 7.70. The monoisotopic (exact) mass is 488 g/mol. The molecule has 2 heterocycles. The number of nitro groups is 1. The van der Waals surface area contributed by atoms with Crippen LogP contribution in [0.1, 0.15) is 31.2 Å². The molecule has 2 saturated heterocycles. The van der Waals surface area contributed by atoms with E-state index in [0.717, 1.165) is 51.1 Å². The van der Waals surface area contributed by atoms with E-state index in [2.05, 4.69) is 4.90 Å². The Morgan fingerprint density at radius 2 is 1.65 bits per heavy atom. The molecule has 2 aromatic carbocycles. The number of piperidine rings is 1. The maximum absolute atomic E-state index is 13.0. The second kappa shape index (κ2) is 10.7. The van der Waals surface area contributed by atoms with Crippen molar-refractivity contribution in [2.24, 2.45) is 0 Å². The van der Waals surface area contributed by atoms with E-state index in [1.54, 1.807) is 13.2 Å². The molecule has 10 heteroatoms. The highest BCUT2D eigenvalue weighted by atomic mass is 32.2. The molecule has 0 N–H and O–H groups in total. The Bertz CT molecular complexity index is 1100. The molecule has 2 aromatic rings. The summed E-state index contributed by atoms with van der Waals surface area (Å²) in [5.74, 6) is 0.823. The van der Waals surface area contributed by atoms with Gasteiger partial charge in [-0.15, -0.1) is 0 Å². The van der Waals surface area contributed by atoms with Crippen LogP contribution in [-0.2, 0) is 16.6 Å². The van der Waals surface area contributed by atoms with Crippen molar-refractivity contribution in [3.63, 3.8) is 0 Å². The second-order valence-electron chi connectivity index (χ2n) is 8.84. The van der Waals surface area contributed by atoms with Crippen molar-refractivity contribution < 1.29 is 18.1 Å². The number of methoxy groups -OCH3 is 1. The fraction of sp³-hybridized carbons (Fsp3) is 0.500. The highest BCUT2D eigenvalue weighted by Gasteiger charge is 2.30. The zero-order chi connectivity index (χ0) is 24.1. The van der Waals surface area contributed by atoms with Crippen molar-refractivity contribution in [2.75, 3.05) is 51.3 Å². The summed E-state index contributed by atoms with van der Waals surface area (Å²) in [6.45, 7) is 4.69. The number of hydrogen-bond donors (Lipinski definition) is 0. The van der Waals surface area contributed by atoms with Gasteiger partial charge in [0.25, 0.3) is 5.69 Å². The van der Waals surface area contributed by atoms with E-state index in [9.17, 15) is 18.5 Å². The minimum absolute atomic E-state index is 0.000745. The van der Waals surface area contributed by atoms with Crippen LogP contribution in [0.25, 0.3) is 0 Å². The Morgan fingerprint density at radius 1 is 0.912 bits per heavy atom. The molecule has 0 bridgehead atoms. The third-order valence-corrected chi connectivity index (χ3v) is 8.49. The summed E-state index contributed by atoms with van der Waals surface area (Å²) in [6, 6.07) is 12.4. The van der Waals surface area contributed by atoms with Crippen molar-refractivity contribution in [1.29, 1.82) is 0 Å². The number of anilines is 1. The molecular formula is C24H32N4O5S. The third kappa shape index (κ3) is 5.51. The zero-order valence-corrected chi connectivity index (χ0v) is 20.4. The van der Waals surface area contributed by atoms with Gasteiger partial charge in [0.15, 0.2) is 0 Å². The number of hydrogen-bond acceptors (Lipinski definition) is 7. The average Bonchev–Trinajstić information content (AvgIpc) is 3.10. The highest BCUT2D eigenvalue weighted by Crippen LogP contribution is 2.33. The molecule has 2 fully saturated rings. The van der Waals surface area contributed by atoms with Crippen LogP contribution in [0.2, 0.25) is 0 Å². The zero-order valence-electron chi connectivity index (χ0n) is 19.6. The Hall–Kier alpha value is -2.69. The first kappa shape index (κ1) is 24.4. The van der Waals surface area contributed by atoms with Gasteiger partial charge >= 0.3 is 0 Å². The quantitative estimate of drug-likeness (QED) is 0.435. The topological polar surface area (TPSA) is 96.2 Å². The van der Waals surface area contributed by atoms with E-state index < -0.39 is 14.9 Å². The van der Waals surface area contributed by atoms with E-state index in [1.165, 1.54) is 22.0 Å². The normalized spacial score (nSPS) is 18.4. The van der Waals surface area contributed by atoms with Gasteiger partial charge in [0, 0.05) is 51.9 Å². The van der Waals surface area contributed by atoms with E-state index in [1.807, 2.05) is 29.2 Å². The largest absolute Gasteiger partial charge is 0.497 e. The standard InChI is InChI=1S/C24H32N4O5S/c1-33-21-8-6-20(7-9-21)19-25-12-5-13-26(17-16-25)23-11-10-22(18-24(23)28(29)30)34(31,32)27-14-3-2-4-15-27/h6-11,18H,2-5,12-17,19H2,1H3. The summed E-state index contributed by atoms with van der Waals surface area (Å²) in [7, 11) is -2.08. The van der Waals surface area contributed by atoms with Gasteiger partial charge in [-0.3, -0.25) is 15.0 Å². The second-order valence-corrected chi connectivity index (χ2v) is 10.8. The fourth-order valence-electron chi connectivity index (χ4n) is 4.69. The van der Waals surface area contributed by atoms with E-state index in [-0.39, 0.29) is 10.6 Å². The number of sulfonamides is 1. The lowest BCUT2D eigenvalue weighted by atomic mass is 10.2. The fourth-order valence-corrected chi connectivity index (χ4v) is 6.23. The van der Waals surface area contributed by atoms with Crippen molar-refractivity contribution in [3.05, 3.63) is 58.1 Å². The maximum Gasteiger partial charge on any atom is 0.293 e. The van der Waals surface area contributed by atoms with Crippen LogP contribution in [0.3, 0.4) is 0 Å². The highest BCUT2D eigenvalue weighted by molar-refractivity contribution is 7.89. The van der Waals surface area contributed by atoms with Gasteiger partial charge < -0.3 is 9.64 Å². The first-order valence-corrected chi connectivity index (χ1v) is 13.2. The van der Waals surface area contributed by atoms with Crippen LogP contribution in [0.15, 0.2) is 47.4 Å². The molecule has 0 aromatic heterocycles. The predicted molar refractivity (Wildman–Crippen MR) is 131 cm³/mol. The lowest BCUT2D eigenvalue weighted by Gasteiger charge is -2.27. The van der Waals surface area contributed by atoms with Crippen molar-refractivity contribution in [3.8, 4) is 5.75 Å². The third-order valence-electron chi connectivity index (χ3n) is 6.59. The van der Waals surface area contributed by atoms with Crippen LogP contribution in [-0.4, -0.2) is 68.9 Å². The maximum atomic E-state index is 13.0. The summed E-state index contributed by atoms with van der Waals surface area (Å²) in [5.41, 5.74) is 1.52. The Labute approximate surface area is 201 Å².